The van der Waals surface area contributed by atoms with Gasteiger partial charge in [0, 0.05) is 21.3 Å². The van der Waals surface area contributed by atoms with Crippen molar-refractivity contribution in [2.45, 2.75) is 12.5 Å². The summed E-state index contributed by atoms with van der Waals surface area (Å²) in [6.45, 7) is 2.08. The summed E-state index contributed by atoms with van der Waals surface area (Å²) in [6, 6.07) is 21.6. The summed E-state index contributed by atoms with van der Waals surface area (Å²) in [5.74, 6) is 0.909. The van der Waals surface area contributed by atoms with Crippen molar-refractivity contribution >= 4 is 39.8 Å². The lowest BCUT2D eigenvalue weighted by atomic mass is 9.80. The molecule has 0 fully saturated rings. The van der Waals surface area contributed by atoms with Gasteiger partial charge in [-0.1, -0.05) is 42.5 Å². The predicted octanol–water partition coefficient (Wildman–Crippen LogP) is 5.62. The van der Waals surface area contributed by atoms with Crippen LogP contribution in [0, 0.1) is 3.57 Å². The van der Waals surface area contributed by atoms with Crippen molar-refractivity contribution in [2.75, 3.05) is 26.1 Å². The van der Waals surface area contributed by atoms with Crippen molar-refractivity contribution in [2.24, 2.45) is 0 Å². The van der Waals surface area contributed by atoms with Gasteiger partial charge in [0.2, 0.25) is 0 Å². The number of hydrogen-bond donors (Lipinski definition) is 1. The number of ether oxygens (including phenoxy) is 3. The molecule has 0 aromatic heterocycles. The number of carbonyl (C=O) groups is 1. The fourth-order valence-electron chi connectivity index (χ4n) is 3.97. The van der Waals surface area contributed by atoms with Gasteiger partial charge in [0.05, 0.1) is 26.5 Å². The Bertz CT molecular complexity index is 1160. The fraction of sp³-hybridized carbons (Fsp3) is 0.192. The lowest BCUT2D eigenvalue weighted by Crippen LogP contribution is -2.45. The van der Waals surface area contributed by atoms with Crippen LogP contribution in [0.15, 0.2) is 72.8 Å². The van der Waals surface area contributed by atoms with E-state index in [1.54, 1.807) is 14.2 Å². The minimum atomic E-state index is -1.21. The van der Waals surface area contributed by atoms with E-state index in [9.17, 15) is 4.79 Å². The van der Waals surface area contributed by atoms with Crippen LogP contribution in [0.5, 0.6) is 11.5 Å². The molecule has 3 aromatic carbocycles. The molecule has 0 amide bonds. The van der Waals surface area contributed by atoms with Gasteiger partial charge in [-0.2, -0.15) is 0 Å². The molecule has 32 heavy (non-hydrogen) atoms. The predicted molar refractivity (Wildman–Crippen MR) is 134 cm³/mol. The number of esters is 1. The molecular formula is C26H24INO4. The van der Waals surface area contributed by atoms with Crippen LogP contribution in [0.4, 0.5) is 5.69 Å². The maximum absolute atomic E-state index is 13.5. The van der Waals surface area contributed by atoms with E-state index < -0.39 is 5.54 Å². The van der Waals surface area contributed by atoms with Crippen LogP contribution < -0.4 is 14.8 Å². The number of benzene rings is 3. The number of nitrogens with one attached hydrogen (secondary N) is 1. The average Bonchev–Trinajstić information content (AvgIpc) is 2.83. The van der Waals surface area contributed by atoms with Crippen molar-refractivity contribution < 1.29 is 19.0 Å². The quantitative estimate of drug-likeness (QED) is 0.324. The van der Waals surface area contributed by atoms with Gasteiger partial charge in [0.1, 0.15) is 11.5 Å². The second-order valence-electron chi connectivity index (χ2n) is 7.34. The molecule has 0 radical (unpaired) electrons. The first-order chi connectivity index (χ1) is 15.5. The molecule has 1 unspecified atom stereocenters. The largest absolute Gasteiger partial charge is 0.497 e. The summed E-state index contributed by atoms with van der Waals surface area (Å²) >= 11 is 2.25. The lowest BCUT2D eigenvalue weighted by Gasteiger charge is -2.37. The van der Waals surface area contributed by atoms with E-state index in [2.05, 4.69) is 27.9 Å². The molecule has 1 N–H and O–H groups in total. The van der Waals surface area contributed by atoms with Crippen LogP contribution in [-0.2, 0) is 15.1 Å². The maximum Gasteiger partial charge on any atom is 0.340 e. The summed E-state index contributed by atoms with van der Waals surface area (Å²) in [5.41, 5.74) is 3.02. The zero-order chi connectivity index (χ0) is 22.7. The third kappa shape index (κ3) is 3.95. The first-order valence-corrected chi connectivity index (χ1v) is 11.4. The average molecular weight is 541 g/mol. The second kappa shape index (κ2) is 9.24. The molecule has 164 valence electrons. The molecule has 0 bridgehead atoms. The van der Waals surface area contributed by atoms with Crippen molar-refractivity contribution in [1.29, 1.82) is 0 Å². The number of hydrogen-bond acceptors (Lipinski definition) is 5. The second-order valence-corrected chi connectivity index (χ2v) is 8.58. The van der Waals surface area contributed by atoms with Crippen LogP contribution in [0.2, 0.25) is 0 Å². The molecule has 1 heterocycles. The standard InChI is InChI=1S/C26H24INO4/c1-4-32-25(29)26(18-10-12-19(27)13-11-18)16-21(17-8-6-5-7-9-17)24-22(28-26)14-20(30-2)15-23(24)31-3/h5-16,28H,4H2,1-3H3. The van der Waals surface area contributed by atoms with E-state index in [4.69, 9.17) is 14.2 Å². The first-order valence-electron chi connectivity index (χ1n) is 10.3. The Kier molecular flexibility index (Phi) is 6.41. The van der Waals surface area contributed by atoms with E-state index in [1.165, 1.54) is 0 Å². The summed E-state index contributed by atoms with van der Waals surface area (Å²) < 4.78 is 17.9. The fourth-order valence-corrected chi connectivity index (χ4v) is 4.33. The number of anilines is 1. The van der Waals surface area contributed by atoms with Crippen molar-refractivity contribution in [3.05, 3.63) is 93.1 Å². The highest BCUT2D eigenvalue weighted by atomic mass is 127. The molecule has 0 aliphatic carbocycles. The van der Waals surface area contributed by atoms with Crippen molar-refractivity contribution in [3.8, 4) is 11.5 Å². The molecule has 6 heteroatoms. The molecule has 0 saturated heterocycles. The number of rotatable bonds is 6. The number of methoxy groups -OCH3 is 2. The minimum Gasteiger partial charge on any atom is -0.497 e. The van der Waals surface area contributed by atoms with Gasteiger partial charge >= 0.3 is 5.97 Å². The van der Waals surface area contributed by atoms with E-state index in [1.807, 2.05) is 79.7 Å². The minimum absolute atomic E-state index is 0.273. The molecule has 0 spiro atoms. The van der Waals surface area contributed by atoms with Gasteiger partial charge in [0.25, 0.3) is 0 Å². The zero-order valence-electron chi connectivity index (χ0n) is 18.1. The van der Waals surface area contributed by atoms with E-state index in [-0.39, 0.29) is 12.6 Å². The molecule has 0 saturated carbocycles. The Hall–Kier alpha value is -3.00. The van der Waals surface area contributed by atoms with E-state index in [0.29, 0.717) is 11.5 Å². The van der Waals surface area contributed by atoms with Gasteiger partial charge in [-0.15, -0.1) is 0 Å². The van der Waals surface area contributed by atoms with Crippen LogP contribution in [0.25, 0.3) is 5.57 Å². The Balaban J connectivity index is 2.05. The van der Waals surface area contributed by atoms with E-state index >= 15 is 0 Å². The monoisotopic (exact) mass is 541 g/mol. The Morgan fingerprint density at radius 3 is 2.34 bits per heavy atom. The number of fused-ring (bicyclic) bond motifs is 1. The number of carbonyl (C=O) groups excluding carboxylic acids is 1. The van der Waals surface area contributed by atoms with Gasteiger partial charge in [-0.25, -0.2) is 4.79 Å². The summed E-state index contributed by atoms with van der Waals surface area (Å²) in [6.07, 6.45) is 1.94. The smallest absolute Gasteiger partial charge is 0.340 e. The van der Waals surface area contributed by atoms with Crippen LogP contribution in [0.3, 0.4) is 0 Å². The van der Waals surface area contributed by atoms with Crippen LogP contribution >= 0.6 is 22.6 Å². The summed E-state index contributed by atoms with van der Waals surface area (Å²) in [4.78, 5) is 13.5. The lowest BCUT2D eigenvalue weighted by molar-refractivity contribution is -0.147. The van der Waals surface area contributed by atoms with Crippen LogP contribution in [0.1, 0.15) is 23.6 Å². The molecule has 3 aromatic rings. The molecule has 5 nitrogen and oxygen atoms in total. The highest BCUT2D eigenvalue weighted by Gasteiger charge is 2.44. The van der Waals surface area contributed by atoms with E-state index in [0.717, 1.165) is 31.5 Å². The van der Waals surface area contributed by atoms with Gasteiger partial charge in [-0.05, 0) is 64.4 Å². The normalized spacial score (nSPS) is 16.9. The topological polar surface area (TPSA) is 56.8 Å². The Labute approximate surface area is 201 Å². The number of halogens is 1. The highest BCUT2D eigenvalue weighted by molar-refractivity contribution is 14.1. The van der Waals surface area contributed by atoms with Gasteiger partial charge in [0.15, 0.2) is 5.54 Å². The molecular weight excluding hydrogens is 517 g/mol. The van der Waals surface area contributed by atoms with Crippen molar-refractivity contribution in [3.63, 3.8) is 0 Å². The van der Waals surface area contributed by atoms with Crippen molar-refractivity contribution in [1.82, 2.24) is 0 Å². The maximum atomic E-state index is 13.5. The Morgan fingerprint density at radius 2 is 1.72 bits per heavy atom. The first kappa shape index (κ1) is 22.2. The highest BCUT2D eigenvalue weighted by Crippen LogP contribution is 2.48. The SMILES string of the molecule is CCOC(=O)C1(c2ccc(I)cc2)C=C(c2ccccc2)c2c(cc(OC)cc2OC)N1. The van der Waals surface area contributed by atoms with Gasteiger partial charge in [-0.3, -0.25) is 0 Å². The van der Waals surface area contributed by atoms with Gasteiger partial charge < -0.3 is 19.5 Å². The molecule has 1 aliphatic heterocycles. The van der Waals surface area contributed by atoms with Crippen LogP contribution in [-0.4, -0.2) is 26.8 Å². The third-order valence-electron chi connectivity index (χ3n) is 5.48. The summed E-state index contributed by atoms with van der Waals surface area (Å²) in [7, 11) is 3.24. The zero-order valence-corrected chi connectivity index (χ0v) is 20.3. The molecule has 1 atom stereocenters. The third-order valence-corrected chi connectivity index (χ3v) is 6.19. The molecule has 4 rings (SSSR count). The summed E-state index contributed by atoms with van der Waals surface area (Å²) in [5, 5.41) is 3.47. The molecule has 1 aliphatic rings. The Morgan fingerprint density at radius 1 is 1.00 bits per heavy atom.